The Balaban J connectivity index is 0.000000214. The van der Waals surface area contributed by atoms with Crippen molar-refractivity contribution >= 4 is 212 Å². The van der Waals surface area contributed by atoms with E-state index in [1.807, 2.05) is 13.1 Å². The lowest BCUT2D eigenvalue weighted by Gasteiger charge is -2.35. The maximum Gasteiger partial charge on any atom is 0.406 e. The Labute approximate surface area is 655 Å². The molecule has 2 amide bonds. The van der Waals surface area contributed by atoms with Gasteiger partial charge in [-0.3, -0.25) is 33.4 Å². The van der Waals surface area contributed by atoms with E-state index >= 15 is 0 Å². The van der Waals surface area contributed by atoms with E-state index in [4.69, 9.17) is 100 Å². The van der Waals surface area contributed by atoms with Crippen LogP contribution in [0.1, 0.15) is 134 Å². The molecule has 542 valence electrons. The molecule has 0 aromatic carbocycles. The van der Waals surface area contributed by atoms with Gasteiger partial charge in [0.2, 0.25) is 0 Å². The third-order valence-electron chi connectivity index (χ3n) is 13.8. The Morgan fingerprint density at radius 3 is 1.70 bits per heavy atom. The Kier molecular flexibility index (Phi) is 34.4. The predicted molar refractivity (Wildman–Crippen MR) is 400 cm³/mol. The second-order valence-electron chi connectivity index (χ2n) is 20.6. The molecule has 1 aliphatic carbocycles. The number of aromatic nitrogens is 9. The number of amides is 2. The van der Waals surface area contributed by atoms with E-state index in [1.54, 1.807) is 35.9 Å². The minimum Gasteiger partial charge on any atom is -0.618 e. The molecule has 101 heavy (non-hydrogen) atoms. The number of nitrogens with zero attached hydrogens (tertiary/aromatic N) is 8. The van der Waals surface area contributed by atoms with Gasteiger partial charge in [0.05, 0.1) is 69.0 Å². The first-order chi connectivity index (χ1) is 47.7. The number of primary amides is 1. The van der Waals surface area contributed by atoms with Gasteiger partial charge in [-0.2, -0.15) is 9.83 Å². The number of nitrogens with one attached hydrogen (secondary N) is 3. The monoisotopic (exact) mass is 1900 g/mol. The molecule has 8 aromatic rings. The molecule has 10 heterocycles. The number of aryl methyl sites for hydroxylation is 1. The topological polar surface area (TPSA) is 398 Å². The average Bonchev–Trinajstić information content (AvgIpc) is 1.59. The summed E-state index contributed by atoms with van der Waals surface area (Å²) in [5.41, 5.74) is 11.0. The van der Waals surface area contributed by atoms with Crippen molar-refractivity contribution < 1.29 is 57.6 Å². The number of ether oxygens (including phenoxy) is 4. The second-order valence-corrected chi connectivity index (χ2v) is 28.4. The molecule has 0 unspecified atom stereocenters. The standard InChI is InChI=1S/C13H19N5O.C12H12BrClN2O2.2C8H7BrClNO3.C8H7BrClNO2.C6H4BrClN2O2.C6H3BrClNO2/c1-10-11(19-7-6-17-4-2-3-5-17)8-18-12(10)13(14)15-9-16-18;13-7-6-8(14)9-10(17)15-12(16(9)11(7)18)4-2-1-3-5-12;1-2-14-8(12)7-6(10)3-5(9)4-11(7)13;1-2-14-8(13)6-5(10)3-4(9)7(12)11-6;1-2-13-8(12)7-6(10)3-5(9)4-11-7;7-2-1-3(8)4(5(9)11)10-6(2)12;7-3-1-4(8)5(6(10)11)9-2-3/h8-9H,2-7H2,1H3,(H2,14,15,16);6H,1-5H2,(H,15,17);3-4H,2H2,1H3;3H,2H2,1H3,(H,11,12);3-4H,2H2,1H3;1H,(H2,9,11)(H,10,12);1-2H,(H,10,11). The molecule has 8 N–H and O–H groups in total. The second kappa shape index (κ2) is 40.7. The number of halogens is 12. The first-order valence-electron chi connectivity index (χ1n) is 29.5. The van der Waals surface area contributed by atoms with E-state index in [-0.39, 0.29) is 87.2 Å². The van der Waals surface area contributed by atoms with Crippen LogP contribution in [0.25, 0.3) is 5.52 Å². The summed E-state index contributed by atoms with van der Waals surface area (Å²) in [5, 5.41) is 27.9. The number of likely N-dealkylation sites (tertiary alicyclic amines) is 1. The Morgan fingerprint density at radius 1 is 0.663 bits per heavy atom. The smallest absolute Gasteiger partial charge is 0.406 e. The normalized spacial score (nSPS) is 13.0. The van der Waals surface area contributed by atoms with Crippen LogP contribution in [0, 0.1) is 12.1 Å². The average molecular weight is 1910 g/mol. The molecule has 0 bridgehead atoms. The molecular formula is C61H59Br6Cl6N13O15. The minimum atomic E-state index is -1.12. The number of hydrogen-bond donors (Lipinski definition) is 6. The predicted octanol–water partition coefficient (Wildman–Crippen LogP) is 13.4. The Bertz CT molecular complexity index is 4520. The van der Waals surface area contributed by atoms with Crippen LogP contribution in [-0.2, 0) is 19.9 Å². The summed E-state index contributed by atoms with van der Waals surface area (Å²) in [6.45, 7) is 11.8. The highest BCUT2D eigenvalue weighted by molar-refractivity contribution is 9.11. The zero-order chi connectivity index (χ0) is 75.2. The molecule has 2 fully saturated rings. The molecule has 2 aliphatic heterocycles. The highest BCUT2D eigenvalue weighted by Crippen LogP contribution is 2.39. The van der Waals surface area contributed by atoms with Crippen LogP contribution in [0.5, 0.6) is 5.75 Å². The summed E-state index contributed by atoms with van der Waals surface area (Å²) in [6.07, 6.45) is 14.8. The number of nitrogens with two attached hydrogens (primary N) is 2. The van der Waals surface area contributed by atoms with Crippen LogP contribution in [0.2, 0.25) is 30.1 Å². The third kappa shape index (κ3) is 24.1. The Morgan fingerprint density at radius 2 is 1.18 bits per heavy atom. The number of anilines is 1. The molecular weight excluding hydrogens is 1850 g/mol. The van der Waals surface area contributed by atoms with Crippen LogP contribution in [0.4, 0.5) is 5.82 Å². The van der Waals surface area contributed by atoms with Gasteiger partial charge in [-0.15, -0.1) is 0 Å². The zero-order valence-electron chi connectivity index (χ0n) is 53.2. The number of aromatic amines is 2. The number of esters is 3. The number of aromatic carboxylic acids is 1. The lowest BCUT2D eigenvalue weighted by Crippen LogP contribution is -2.48. The summed E-state index contributed by atoms with van der Waals surface area (Å²) >= 11 is 53.0. The minimum absolute atomic E-state index is 0.0262. The molecule has 40 heteroatoms. The number of carbonyl (C=O) groups excluding carboxylic acids is 5. The quantitative estimate of drug-likeness (QED) is 0.0286. The summed E-state index contributed by atoms with van der Waals surface area (Å²) in [7, 11) is 0. The summed E-state index contributed by atoms with van der Waals surface area (Å²) in [5.74, 6) is -2.66. The number of carbonyl (C=O) groups is 6. The van der Waals surface area contributed by atoms with Crippen LogP contribution >= 0.6 is 165 Å². The molecule has 1 saturated carbocycles. The van der Waals surface area contributed by atoms with Gasteiger partial charge < -0.3 is 56.0 Å². The molecule has 11 rings (SSSR count). The number of carboxylic acid groups (broad SMARTS) is 1. The number of carboxylic acids is 1. The number of H-pyrrole nitrogens is 2. The van der Waals surface area contributed by atoms with Crippen LogP contribution in [-0.4, -0.2) is 131 Å². The first kappa shape index (κ1) is 85.4. The van der Waals surface area contributed by atoms with Gasteiger partial charge in [-0.25, -0.2) is 38.6 Å². The maximum atomic E-state index is 12.3. The third-order valence-corrected chi connectivity index (χ3v) is 18.6. The highest BCUT2D eigenvalue weighted by atomic mass is 79.9. The molecule has 28 nitrogen and oxygen atoms in total. The number of rotatable bonds is 12. The van der Waals surface area contributed by atoms with Crippen molar-refractivity contribution in [2.24, 2.45) is 5.73 Å². The largest absolute Gasteiger partial charge is 0.618 e. The van der Waals surface area contributed by atoms with E-state index < -0.39 is 46.6 Å². The molecule has 0 atom stereocenters. The van der Waals surface area contributed by atoms with Gasteiger partial charge >= 0.3 is 29.6 Å². The van der Waals surface area contributed by atoms with E-state index in [9.17, 15) is 48.4 Å². The van der Waals surface area contributed by atoms with Crippen molar-refractivity contribution in [1.82, 2.24) is 49.3 Å². The van der Waals surface area contributed by atoms with E-state index in [0.717, 1.165) is 60.0 Å². The SMILES string of the molecule is CCOC(=O)c1[nH]c(=O)c(Br)cc1Cl.CCOC(=O)c1c(Cl)cc(Br)c[n+]1[O-].CCOC(=O)c1ncc(Br)cc1Cl.Cc1c(OCCN2CCCC2)cn2ncnc(N)c12.NC(=O)c1[nH]c(=O)c(Br)cc1Cl.O=C(O)c1ncc(Br)cc1Cl.O=C1NC2(CCCCC2)n2c1c(Cl)cc(Br)c2=O. The van der Waals surface area contributed by atoms with Crippen molar-refractivity contribution in [3.63, 3.8) is 0 Å². The van der Waals surface area contributed by atoms with Gasteiger partial charge in [0.1, 0.15) is 52.0 Å². The van der Waals surface area contributed by atoms with Gasteiger partial charge in [-0.1, -0.05) is 76.0 Å². The highest BCUT2D eigenvalue weighted by Gasteiger charge is 2.45. The van der Waals surface area contributed by atoms with Gasteiger partial charge in [0.15, 0.2) is 23.4 Å². The van der Waals surface area contributed by atoms with Gasteiger partial charge in [0.25, 0.3) is 28.5 Å². The van der Waals surface area contributed by atoms with Crippen molar-refractivity contribution in [2.75, 3.05) is 51.8 Å². The summed E-state index contributed by atoms with van der Waals surface area (Å²) < 4.78 is 26.5. The summed E-state index contributed by atoms with van der Waals surface area (Å²) in [4.78, 5) is 120. The van der Waals surface area contributed by atoms with E-state index in [2.05, 4.69) is 141 Å². The van der Waals surface area contributed by atoms with Crippen LogP contribution < -0.4 is 42.9 Å². The van der Waals surface area contributed by atoms with Crippen molar-refractivity contribution in [3.05, 3.63) is 200 Å². The fraction of sp³-hybridized carbons (Fsp3) is 0.311. The van der Waals surface area contributed by atoms with Gasteiger partial charge in [0, 0.05) is 33.4 Å². The maximum absolute atomic E-state index is 12.3. The van der Waals surface area contributed by atoms with E-state index in [0.29, 0.717) is 47.9 Å². The molecule has 8 aromatic heterocycles. The number of fused-ring (bicyclic) bond motifs is 3. The van der Waals surface area contributed by atoms with Crippen molar-refractivity contribution in [3.8, 4) is 5.75 Å². The number of hydrogen-bond acceptors (Lipinski definition) is 20. The number of pyridine rings is 6. The summed E-state index contributed by atoms with van der Waals surface area (Å²) in [6, 6.07) is 8.71. The van der Waals surface area contributed by atoms with Crippen LogP contribution in [0.3, 0.4) is 0 Å². The zero-order valence-corrected chi connectivity index (χ0v) is 67.2. The molecule has 1 spiro atoms. The van der Waals surface area contributed by atoms with Crippen LogP contribution in [0.15, 0.2) is 109 Å². The first-order valence-corrected chi connectivity index (χ1v) is 36.5. The molecule has 1 saturated heterocycles. The lowest BCUT2D eigenvalue weighted by atomic mass is 9.89. The Hall–Kier alpha value is -6.28. The van der Waals surface area contributed by atoms with Crippen molar-refractivity contribution in [2.45, 2.75) is 78.3 Å². The van der Waals surface area contributed by atoms with E-state index in [1.165, 1.54) is 81.2 Å². The van der Waals surface area contributed by atoms with Crippen molar-refractivity contribution in [1.29, 1.82) is 0 Å². The fourth-order valence-corrected chi connectivity index (χ4v) is 13.8. The molecule has 0 radical (unpaired) electrons. The van der Waals surface area contributed by atoms with Gasteiger partial charge in [-0.05, 0) is 211 Å². The molecule has 3 aliphatic rings. The fourth-order valence-electron chi connectivity index (χ4n) is 9.32. The number of nitrogen functional groups attached to an aromatic ring is 1. The lowest BCUT2D eigenvalue weighted by molar-refractivity contribution is -0.609.